The van der Waals surface area contributed by atoms with Crippen molar-refractivity contribution in [2.24, 2.45) is 0 Å². The predicted octanol–water partition coefficient (Wildman–Crippen LogP) is 2.30. The Labute approximate surface area is 129 Å². The van der Waals surface area contributed by atoms with Crippen LogP contribution in [-0.2, 0) is 9.59 Å². The number of carbonyl (C=O) groups excluding carboxylic acids is 1. The molecule has 0 saturated carbocycles. The number of methoxy groups -OCH3 is 3. The van der Waals surface area contributed by atoms with Gasteiger partial charge in [0, 0.05) is 30.7 Å². The molecule has 0 spiro atoms. The van der Waals surface area contributed by atoms with Gasteiger partial charge in [-0.15, -0.1) is 0 Å². The van der Waals surface area contributed by atoms with Gasteiger partial charge in [-0.2, -0.15) is 0 Å². The zero-order valence-electron chi connectivity index (χ0n) is 13.0. The standard InChI is InChI=1S/C15H21NO6/c1-20-11-8-10(9-12(21-2)15(11)22-3)16-13(17)6-4-5-7-14(18)19/h8-9H,4-7H2,1-3H3,(H,16,17)(H,18,19). The van der Waals surface area contributed by atoms with Gasteiger partial charge in [0.1, 0.15) is 0 Å². The number of nitrogens with one attached hydrogen (secondary N) is 1. The Hall–Kier alpha value is -2.44. The quantitative estimate of drug-likeness (QED) is 0.680. The summed E-state index contributed by atoms with van der Waals surface area (Å²) in [4.78, 5) is 22.2. The van der Waals surface area contributed by atoms with Crippen LogP contribution in [0.2, 0.25) is 0 Å². The lowest BCUT2D eigenvalue weighted by atomic mass is 10.2. The first-order valence-electron chi connectivity index (χ1n) is 6.83. The van der Waals surface area contributed by atoms with E-state index < -0.39 is 5.97 Å². The fourth-order valence-corrected chi connectivity index (χ4v) is 1.94. The minimum atomic E-state index is -0.856. The Morgan fingerprint density at radius 3 is 2.00 bits per heavy atom. The van der Waals surface area contributed by atoms with Crippen LogP contribution in [0.15, 0.2) is 12.1 Å². The molecule has 0 bridgehead atoms. The van der Waals surface area contributed by atoms with Gasteiger partial charge >= 0.3 is 5.97 Å². The molecule has 0 fully saturated rings. The summed E-state index contributed by atoms with van der Waals surface area (Å²) in [5.41, 5.74) is 0.526. The van der Waals surface area contributed by atoms with E-state index in [4.69, 9.17) is 19.3 Å². The Kier molecular flexibility index (Phi) is 7.01. The topological polar surface area (TPSA) is 94.1 Å². The molecule has 0 aliphatic heterocycles. The van der Waals surface area contributed by atoms with Crippen LogP contribution in [0.5, 0.6) is 17.2 Å². The first-order chi connectivity index (χ1) is 10.5. The Bertz CT molecular complexity index is 504. The second kappa shape index (κ2) is 8.76. The second-order valence-electron chi connectivity index (χ2n) is 4.56. The zero-order chi connectivity index (χ0) is 16.5. The van der Waals surface area contributed by atoms with E-state index >= 15 is 0 Å². The van der Waals surface area contributed by atoms with Crippen LogP contribution < -0.4 is 19.5 Å². The molecule has 0 aliphatic rings. The summed E-state index contributed by atoms with van der Waals surface area (Å²) in [5, 5.41) is 11.3. The van der Waals surface area contributed by atoms with E-state index in [0.717, 1.165) is 0 Å². The predicted molar refractivity (Wildman–Crippen MR) is 80.8 cm³/mol. The highest BCUT2D eigenvalue weighted by Crippen LogP contribution is 2.39. The molecule has 0 saturated heterocycles. The number of anilines is 1. The third-order valence-electron chi connectivity index (χ3n) is 2.99. The number of ether oxygens (including phenoxy) is 3. The van der Waals surface area contributed by atoms with Gasteiger partial charge in [-0.05, 0) is 12.8 Å². The summed E-state index contributed by atoms with van der Waals surface area (Å²) in [6.07, 6.45) is 1.31. The van der Waals surface area contributed by atoms with Crippen LogP contribution in [-0.4, -0.2) is 38.3 Å². The summed E-state index contributed by atoms with van der Waals surface area (Å²) < 4.78 is 15.6. The molecule has 0 aliphatic carbocycles. The molecule has 0 heterocycles. The molecule has 7 heteroatoms. The lowest BCUT2D eigenvalue weighted by molar-refractivity contribution is -0.137. The Morgan fingerprint density at radius 2 is 1.55 bits per heavy atom. The molecule has 1 amide bonds. The van der Waals surface area contributed by atoms with E-state index in [1.54, 1.807) is 12.1 Å². The van der Waals surface area contributed by atoms with E-state index in [9.17, 15) is 9.59 Å². The van der Waals surface area contributed by atoms with Crippen LogP contribution in [0.1, 0.15) is 25.7 Å². The summed E-state index contributed by atoms with van der Waals surface area (Å²) in [7, 11) is 4.49. The molecule has 0 unspecified atom stereocenters. The molecule has 0 aromatic heterocycles. The summed E-state index contributed by atoms with van der Waals surface area (Å²) >= 11 is 0. The molecule has 0 atom stereocenters. The average Bonchev–Trinajstić information content (AvgIpc) is 2.50. The van der Waals surface area contributed by atoms with E-state index in [1.165, 1.54) is 21.3 Å². The minimum absolute atomic E-state index is 0.0669. The number of aliphatic carboxylic acids is 1. The van der Waals surface area contributed by atoms with Gasteiger partial charge in [-0.1, -0.05) is 0 Å². The number of amides is 1. The van der Waals surface area contributed by atoms with Gasteiger partial charge < -0.3 is 24.6 Å². The second-order valence-corrected chi connectivity index (χ2v) is 4.56. The summed E-state index contributed by atoms with van der Waals surface area (Å²) in [5.74, 6) is 0.292. The molecule has 2 N–H and O–H groups in total. The molecule has 1 aromatic carbocycles. The molecular weight excluding hydrogens is 290 g/mol. The number of hydrogen-bond donors (Lipinski definition) is 2. The largest absolute Gasteiger partial charge is 0.493 e. The molecule has 0 radical (unpaired) electrons. The summed E-state index contributed by atoms with van der Waals surface area (Å²) in [6.45, 7) is 0. The van der Waals surface area contributed by atoms with Crippen LogP contribution in [0.25, 0.3) is 0 Å². The van der Waals surface area contributed by atoms with Gasteiger partial charge in [0.05, 0.1) is 21.3 Å². The number of unbranched alkanes of at least 4 members (excludes halogenated alkanes) is 1. The fourth-order valence-electron chi connectivity index (χ4n) is 1.94. The van der Waals surface area contributed by atoms with Gasteiger partial charge in [-0.3, -0.25) is 9.59 Å². The van der Waals surface area contributed by atoms with Gasteiger partial charge in [-0.25, -0.2) is 0 Å². The lowest BCUT2D eigenvalue weighted by Crippen LogP contribution is -2.11. The van der Waals surface area contributed by atoms with Gasteiger partial charge in [0.2, 0.25) is 11.7 Å². The van der Waals surface area contributed by atoms with Crippen molar-refractivity contribution < 1.29 is 28.9 Å². The van der Waals surface area contributed by atoms with E-state index in [-0.39, 0.29) is 18.7 Å². The maximum atomic E-state index is 11.8. The molecule has 122 valence electrons. The van der Waals surface area contributed by atoms with Crippen molar-refractivity contribution in [2.75, 3.05) is 26.6 Å². The van der Waals surface area contributed by atoms with Crippen molar-refractivity contribution >= 4 is 17.6 Å². The molecule has 7 nitrogen and oxygen atoms in total. The SMILES string of the molecule is COc1cc(NC(=O)CCCCC(=O)O)cc(OC)c1OC. The first kappa shape index (κ1) is 17.6. The lowest BCUT2D eigenvalue weighted by Gasteiger charge is -2.14. The number of carbonyl (C=O) groups is 2. The zero-order valence-corrected chi connectivity index (χ0v) is 13.0. The number of hydrogen-bond acceptors (Lipinski definition) is 5. The van der Waals surface area contributed by atoms with Crippen LogP contribution in [0, 0.1) is 0 Å². The molecular formula is C15H21NO6. The van der Waals surface area contributed by atoms with Crippen molar-refractivity contribution in [3.63, 3.8) is 0 Å². The number of benzene rings is 1. The highest BCUT2D eigenvalue weighted by Gasteiger charge is 2.14. The van der Waals surface area contributed by atoms with Gasteiger partial charge in [0.15, 0.2) is 11.5 Å². The maximum absolute atomic E-state index is 11.8. The fraction of sp³-hybridized carbons (Fsp3) is 0.467. The smallest absolute Gasteiger partial charge is 0.303 e. The molecule has 1 aromatic rings. The van der Waals surface area contributed by atoms with Crippen molar-refractivity contribution in [3.8, 4) is 17.2 Å². The summed E-state index contributed by atoms with van der Waals surface area (Å²) in [6, 6.07) is 3.27. The number of carboxylic acid groups (broad SMARTS) is 1. The van der Waals surface area contributed by atoms with Crippen LogP contribution in [0.3, 0.4) is 0 Å². The van der Waals surface area contributed by atoms with Crippen molar-refractivity contribution in [1.29, 1.82) is 0 Å². The van der Waals surface area contributed by atoms with Crippen molar-refractivity contribution in [3.05, 3.63) is 12.1 Å². The van der Waals surface area contributed by atoms with Crippen LogP contribution in [0.4, 0.5) is 5.69 Å². The van der Waals surface area contributed by atoms with E-state index in [2.05, 4.69) is 5.32 Å². The highest BCUT2D eigenvalue weighted by atomic mass is 16.5. The third-order valence-corrected chi connectivity index (χ3v) is 2.99. The Morgan fingerprint density at radius 1 is 1.00 bits per heavy atom. The third kappa shape index (κ3) is 5.16. The maximum Gasteiger partial charge on any atom is 0.303 e. The van der Waals surface area contributed by atoms with E-state index in [0.29, 0.717) is 35.8 Å². The first-order valence-corrected chi connectivity index (χ1v) is 6.83. The van der Waals surface area contributed by atoms with Crippen molar-refractivity contribution in [2.45, 2.75) is 25.7 Å². The number of carboxylic acids is 1. The number of rotatable bonds is 9. The van der Waals surface area contributed by atoms with E-state index in [1.807, 2.05) is 0 Å². The Balaban J connectivity index is 2.68. The minimum Gasteiger partial charge on any atom is -0.493 e. The average molecular weight is 311 g/mol. The highest BCUT2D eigenvalue weighted by molar-refractivity contribution is 5.91. The molecule has 22 heavy (non-hydrogen) atoms. The monoisotopic (exact) mass is 311 g/mol. The van der Waals surface area contributed by atoms with Gasteiger partial charge in [0.25, 0.3) is 0 Å². The van der Waals surface area contributed by atoms with Crippen LogP contribution >= 0.6 is 0 Å². The molecule has 1 rings (SSSR count). The normalized spacial score (nSPS) is 9.95. The van der Waals surface area contributed by atoms with Crippen molar-refractivity contribution in [1.82, 2.24) is 0 Å².